The molecule has 0 N–H and O–H groups in total. The summed E-state index contributed by atoms with van der Waals surface area (Å²) in [5.74, 6) is 0.560. The fourth-order valence-corrected chi connectivity index (χ4v) is 5.82. The van der Waals surface area contributed by atoms with Crippen molar-refractivity contribution in [1.29, 1.82) is 0 Å². The Morgan fingerprint density at radius 1 is 0.737 bits per heavy atom. The van der Waals surface area contributed by atoms with Gasteiger partial charge in [-0.1, -0.05) is 54.6 Å². The molecule has 1 aliphatic carbocycles. The summed E-state index contributed by atoms with van der Waals surface area (Å²) < 4.78 is 0. The lowest BCUT2D eigenvalue weighted by molar-refractivity contribution is 0.877. The summed E-state index contributed by atoms with van der Waals surface area (Å²) >= 11 is 0. The fourth-order valence-electron chi connectivity index (χ4n) is 3.05. The van der Waals surface area contributed by atoms with Crippen LogP contribution in [0.5, 0.6) is 0 Å². The Labute approximate surface area is 116 Å². The van der Waals surface area contributed by atoms with Crippen molar-refractivity contribution in [3.63, 3.8) is 0 Å². The second-order valence-electron chi connectivity index (χ2n) is 4.95. The Bertz CT molecular complexity index is 654. The maximum atomic E-state index is 2.39. The Balaban J connectivity index is 1.91. The number of benzene rings is 2. The molecule has 4 rings (SSSR count). The molecule has 0 saturated carbocycles. The van der Waals surface area contributed by atoms with Crippen LogP contribution in [0.2, 0.25) is 0 Å². The molecule has 92 valence electrons. The Morgan fingerprint density at radius 3 is 2.37 bits per heavy atom. The van der Waals surface area contributed by atoms with Crippen LogP contribution in [0, 0.1) is 0 Å². The van der Waals surface area contributed by atoms with E-state index in [1.54, 1.807) is 0 Å². The van der Waals surface area contributed by atoms with Gasteiger partial charge in [0, 0.05) is 5.56 Å². The lowest BCUT2D eigenvalue weighted by Gasteiger charge is -2.14. The van der Waals surface area contributed by atoms with E-state index in [9.17, 15) is 0 Å². The molecule has 0 bridgehead atoms. The van der Waals surface area contributed by atoms with Gasteiger partial charge in [0.1, 0.15) is 0 Å². The predicted molar refractivity (Wildman–Crippen MR) is 81.6 cm³/mol. The molecule has 1 heterocycles. The van der Waals surface area contributed by atoms with Gasteiger partial charge in [0.2, 0.25) is 0 Å². The number of hydrogen-bond donors (Lipinski definition) is 0. The summed E-state index contributed by atoms with van der Waals surface area (Å²) in [6.07, 6.45) is 9.14. The zero-order valence-electron chi connectivity index (χ0n) is 10.6. The molecule has 1 aliphatic heterocycles. The minimum atomic E-state index is 0.180. The lowest BCUT2D eigenvalue weighted by Crippen LogP contribution is -2.19. The van der Waals surface area contributed by atoms with Crippen LogP contribution in [-0.2, 0) is 10.9 Å². The van der Waals surface area contributed by atoms with Crippen molar-refractivity contribution in [2.24, 2.45) is 0 Å². The maximum absolute atomic E-state index is 2.39. The first-order chi connectivity index (χ1) is 9.45. The molecule has 2 aliphatic rings. The molecule has 2 aromatic carbocycles. The summed E-state index contributed by atoms with van der Waals surface area (Å²) in [5.41, 5.74) is 1.51. The van der Waals surface area contributed by atoms with E-state index < -0.39 is 0 Å². The molecular weight excluding hydrogens is 248 g/mol. The SMILES string of the molecule is C1=CC2c3ccccc3[S+](c3ccccc3)C2C=C1. The van der Waals surface area contributed by atoms with Gasteiger partial charge in [-0.05, 0) is 24.3 Å². The minimum Gasteiger partial charge on any atom is -0.0715 e. The molecule has 0 saturated heterocycles. The zero-order chi connectivity index (χ0) is 12.7. The predicted octanol–water partition coefficient (Wildman–Crippen LogP) is 4.31. The van der Waals surface area contributed by atoms with Crippen molar-refractivity contribution in [3.05, 3.63) is 84.5 Å². The molecule has 3 atom stereocenters. The third-order valence-electron chi connectivity index (χ3n) is 3.87. The summed E-state index contributed by atoms with van der Waals surface area (Å²) in [6.45, 7) is 0. The third-order valence-corrected chi connectivity index (χ3v) is 6.49. The zero-order valence-corrected chi connectivity index (χ0v) is 11.4. The van der Waals surface area contributed by atoms with Gasteiger partial charge in [0.15, 0.2) is 15.0 Å². The quantitative estimate of drug-likeness (QED) is 0.672. The Morgan fingerprint density at radius 2 is 1.47 bits per heavy atom. The minimum absolute atomic E-state index is 0.180. The van der Waals surface area contributed by atoms with Crippen LogP contribution in [0.1, 0.15) is 11.5 Å². The van der Waals surface area contributed by atoms with E-state index in [4.69, 9.17) is 0 Å². The van der Waals surface area contributed by atoms with Crippen molar-refractivity contribution < 1.29 is 0 Å². The first-order valence-electron chi connectivity index (χ1n) is 6.67. The van der Waals surface area contributed by atoms with Crippen molar-refractivity contribution in [3.8, 4) is 0 Å². The van der Waals surface area contributed by atoms with E-state index in [1.165, 1.54) is 15.4 Å². The van der Waals surface area contributed by atoms with Crippen LogP contribution < -0.4 is 0 Å². The second kappa shape index (κ2) is 4.43. The van der Waals surface area contributed by atoms with E-state index in [0.717, 1.165) is 0 Å². The molecular formula is C18H15S+. The highest BCUT2D eigenvalue weighted by Gasteiger charge is 2.48. The summed E-state index contributed by atoms with van der Waals surface area (Å²) in [5, 5.41) is 0.602. The monoisotopic (exact) mass is 263 g/mol. The largest absolute Gasteiger partial charge is 0.165 e. The van der Waals surface area contributed by atoms with Crippen molar-refractivity contribution in [2.45, 2.75) is 21.0 Å². The molecule has 19 heavy (non-hydrogen) atoms. The smallest absolute Gasteiger partial charge is 0.0715 e. The highest BCUT2D eigenvalue weighted by Crippen LogP contribution is 2.47. The summed E-state index contributed by atoms with van der Waals surface area (Å²) in [6, 6.07) is 19.9. The number of hydrogen-bond acceptors (Lipinski definition) is 0. The van der Waals surface area contributed by atoms with Crippen LogP contribution in [0.25, 0.3) is 0 Å². The van der Waals surface area contributed by atoms with Crippen molar-refractivity contribution >= 4 is 10.9 Å². The van der Waals surface area contributed by atoms with Crippen molar-refractivity contribution in [1.82, 2.24) is 0 Å². The molecule has 0 aromatic heterocycles. The molecule has 0 radical (unpaired) electrons. The van der Waals surface area contributed by atoms with E-state index in [-0.39, 0.29) is 10.9 Å². The highest BCUT2D eigenvalue weighted by atomic mass is 32.2. The topological polar surface area (TPSA) is 0 Å². The molecule has 3 unspecified atom stereocenters. The normalized spacial score (nSPS) is 27.1. The first kappa shape index (κ1) is 11.1. The van der Waals surface area contributed by atoms with Crippen LogP contribution in [0.15, 0.2) is 88.7 Å². The van der Waals surface area contributed by atoms with E-state index in [1.807, 2.05) is 0 Å². The highest BCUT2D eigenvalue weighted by molar-refractivity contribution is 7.98. The second-order valence-corrected chi connectivity index (χ2v) is 7.08. The average molecular weight is 263 g/mol. The van der Waals surface area contributed by atoms with Gasteiger partial charge >= 0.3 is 0 Å². The first-order valence-corrected chi connectivity index (χ1v) is 7.96. The van der Waals surface area contributed by atoms with Gasteiger partial charge in [0.05, 0.1) is 16.8 Å². The van der Waals surface area contributed by atoms with E-state index in [2.05, 4.69) is 78.9 Å². The molecule has 0 fully saturated rings. The fraction of sp³-hybridized carbons (Fsp3) is 0.111. The van der Waals surface area contributed by atoms with E-state index in [0.29, 0.717) is 11.2 Å². The molecule has 2 aromatic rings. The molecule has 0 nitrogen and oxygen atoms in total. The van der Waals surface area contributed by atoms with Crippen molar-refractivity contribution in [2.75, 3.05) is 0 Å². The summed E-state index contributed by atoms with van der Waals surface area (Å²) in [7, 11) is 0.180. The van der Waals surface area contributed by atoms with Gasteiger partial charge < -0.3 is 0 Å². The van der Waals surface area contributed by atoms with Crippen LogP contribution in [0.3, 0.4) is 0 Å². The standard InChI is InChI=1S/C18H15S/c1-2-8-14(9-3-1)19-17-12-6-4-10-15(17)16-11-5-7-13-18(16)19/h1-13,15,17H/q+1. The van der Waals surface area contributed by atoms with Gasteiger partial charge in [-0.25, -0.2) is 0 Å². The van der Waals surface area contributed by atoms with Gasteiger partial charge in [-0.3, -0.25) is 0 Å². The van der Waals surface area contributed by atoms with E-state index >= 15 is 0 Å². The molecule has 0 spiro atoms. The van der Waals surface area contributed by atoms with Crippen LogP contribution >= 0.6 is 0 Å². The van der Waals surface area contributed by atoms with Gasteiger partial charge in [0.25, 0.3) is 0 Å². The third kappa shape index (κ3) is 1.69. The van der Waals surface area contributed by atoms with Gasteiger partial charge in [-0.15, -0.1) is 0 Å². The van der Waals surface area contributed by atoms with Crippen LogP contribution in [0.4, 0.5) is 0 Å². The maximum Gasteiger partial charge on any atom is 0.165 e. The molecule has 1 heteroatoms. The Hall–Kier alpha value is -1.73. The number of rotatable bonds is 1. The average Bonchev–Trinajstić information content (AvgIpc) is 2.83. The lowest BCUT2D eigenvalue weighted by atomic mass is 9.93. The summed E-state index contributed by atoms with van der Waals surface area (Å²) in [4.78, 5) is 2.99. The van der Waals surface area contributed by atoms with Gasteiger partial charge in [-0.2, -0.15) is 0 Å². The number of allylic oxidation sites excluding steroid dienone is 3. The Kier molecular flexibility index (Phi) is 2.59. The number of fused-ring (bicyclic) bond motifs is 3. The van der Waals surface area contributed by atoms with Crippen LogP contribution in [-0.4, -0.2) is 5.25 Å². The molecule has 0 amide bonds.